The largest absolute Gasteiger partial charge is 0.480 e. The molecule has 0 radical (unpaired) electrons. The van der Waals surface area contributed by atoms with Gasteiger partial charge in [0, 0.05) is 29.1 Å². The Labute approximate surface area is 106 Å². The van der Waals surface area contributed by atoms with Gasteiger partial charge >= 0.3 is 5.97 Å². The number of thioether (sulfide) groups is 1. The summed E-state index contributed by atoms with van der Waals surface area (Å²) in [5.41, 5.74) is 0. The maximum absolute atomic E-state index is 11.0. The molecule has 0 saturated carbocycles. The maximum atomic E-state index is 11.0. The molecule has 0 fully saturated rings. The third-order valence-corrected chi connectivity index (χ3v) is 3.20. The second-order valence-electron chi connectivity index (χ2n) is 4.03. The van der Waals surface area contributed by atoms with Gasteiger partial charge in [-0.15, -0.1) is 11.8 Å². The lowest BCUT2D eigenvalue weighted by Crippen LogP contribution is -2.41. The van der Waals surface area contributed by atoms with E-state index < -0.39 is 12.0 Å². The standard InChI is InChI=1S/C12H18N2O2S/c1-9(2)14-11(12(15)16)5-8-17-10-3-6-13-7-4-10/h3-4,6-7,9,11,14H,5,8H2,1-2H3,(H,15,16). The Bertz CT molecular complexity index is 344. The van der Waals surface area contributed by atoms with Gasteiger partial charge in [-0.3, -0.25) is 9.78 Å². The average molecular weight is 254 g/mol. The third-order valence-electron chi connectivity index (χ3n) is 2.16. The van der Waals surface area contributed by atoms with Crippen molar-refractivity contribution in [2.24, 2.45) is 0 Å². The molecule has 0 saturated heterocycles. The quantitative estimate of drug-likeness (QED) is 0.729. The zero-order chi connectivity index (χ0) is 12.7. The molecule has 1 atom stereocenters. The van der Waals surface area contributed by atoms with Crippen molar-refractivity contribution in [1.82, 2.24) is 10.3 Å². The van der Waals surface area contributed by atoms with E-state index in [1.54, 1.807) is 24.2 Å². The van der Waals surface area contributed by atoms with E-state index in [2.05, 4.69) is 10.3 Å². The van der Waals surface area contributed by atoms with Crippen molar-refractivity contribution >= 4 is 17.7 Å². The monoisotopic (exact) mass is 254 g/mol. The topological polar surface area (TPSA) is 62.2 Å². The van der Waals surface area contributed by atoms with E-state index in [1.807, 2.05) is 26.0 Å². The van der Waals surface area contributed by atoms with Crippen LogP contribution in [0.3, 0.4) is 0 Å². The van der Waals surface area contributed by atoms with Crippen LogP contribution in [0.15, 0.2) is 29.4 Å². The van der Waals surface area contributed by atoms with Gasteiger partial charge in [0.1, 0.15) is 6.04 Å². The fourth-order valence-corrected chi connectivity index (χ4v) is 2.31. The molecular weight excluding hydrogens is 236 g/mol. The molecule has 0 amide bonds. The van der Waals surface area contributed by atoms with Gasteiger partial charge in [0.25, 0.3) is 0 Å². The van der Waals surface area contributed by atoms with Crippen LogP contribution < -0.4 is 5.32 Å². The first kappa shape index (κ1) is 14.0. The van der Waals surface area contributed by atoms with Crippen molar-refractivity contribution in [3.05, 3.63) is 24.5 Å². The number of aromatic nitrogens is 1. The highest BCUT2D eigenvalue weighted by Gasteiger charge is 2.17. The van der Waals surface area contributed by atoms with Crippen LogP contribution in [0, 0.1) is 0 Å². The number of hydrogen-bond donors (Lipinski definition) is 2. The van der Waals surface area contributed by atoms with Gasteiger partial charge in [0.2, 0.25) is 0 Å². The number of hydrogen-bond acceptors (Lipinski definition) is 4. The van der Waals surface area contributed by atoms with E-state index in [-0.39, 0.29) is 6.04 Å². The smallest absolute Gasteiger partial charge is 0.320 e. The van der Waals surface area contributed by atoms with E-state index in [9.17, 15) is 4.79 Å². The van der Waals surface area contributed by atoms with Crippen molar-refractivity contribution in [3.63, 3.8) is 0 Å². The van der Waals surface area contributed by atoms with Crippen molar-refractivity contribution < 1.29 is 9.90 Å². The maximum Gasteiger partial charge on any atom is 0.320 e. The van der Waals surface area contributed by atoms with Gasteiger partial charge in [-0.25, -0.2) is 0 Å². The molecule has 4 nitrogen and oxygen atoms in total. The van der Waals surface area contributed by atoms with Crippen molar-refractivity contribution in [2.75, 3.05) is 5.75 Å². The van der Waals surface area contributed by atoms with Gasteiger partial charge in [-0.1, -0.05) is 13.8 Å². The van der Waals surface area contributed by atoms with Crippen molar-refractivity contribution in [2.45, 2.75) is 37.2 Å². The fraction of sp³-hybridized carbons (Fsp3) is 0.500. The normalized spacial score (nSPS) is 12.6. The molecule has 94 valence electrons. The second kappa shape index (κ2) is 7.29. The Kier molecular flexibility index (Phi) is 6.00. The first-order valence-corrected chi connectivity index (χ1v) is 6.60. The van der Waals surface area contributed by atoms with Crippen LogP contribution in [-0.4, -0.2) is 33.9 Å². The lowest BCUT2D eigenvalue weighted by molar-refractivity contribution is -0.139. The van der Waals surface area contributed by atoms with E-state index in [1.165, 1.54) is 0 Å². The molecule has 1 aromatic heterocycles. The van der Waals surface area contributed by atoms with Crippen LogP contribution in [0.1, 0.15) is 20.3 Å². The molecule has 0 spiro atoms. The Balaban J connectivity index is 2.35. The van der Waals surface area contributed by atoms with Gasteiger partial charge in [-0.05, 0) is 18.6 Å². The Morgan fingerprint density at radius 3 is 2.65 bits per heavy atom. The van der Waals surface area contributed by atoms with Crippen LogP contribution in [-0.2, 0) is 4.79 Å². The highest BCUT2D eigenvalue weighted by atomic mass is 32.2. The summed E-state index contributed by atoms with van der Waals surface area (Å²) in [4.78, 5) is 16.1. The molecule has 1 aromatic rings. The Morgan fingerprint density at radius 2 is 2.12 bits per heavy atom. The number of nitrogens with one attached hydrogen (secondary N) is 1. The molecule has 0 aliphatic carbocycles. The highest BCUT2D eigenvalue weighted by Crippen LogP contribution is 2.17. The Hall–Kier alpha value is -1.07. The van der Waals surface area contributed by atoms with Crippen LogP contribution in [0.25, 0.3) is 0 Å². The zero-order valence-electron chi connectivity index (χ0n) is 10.1. The molecule has 17 heavy (non-hydrogen) atoms. The van der Waals surface area contributed by atoms with E-state index in [0.717, 1.165) is 10.6 Å². The summed E-state index contributed by atoms with van der Waals surface area (Å²) in [7, 11) is 0. The zero-order valence-corrected chi connectivity index (χ0v) is 10.9. The Morgan fingerprint density at radius 1 is 1.47 bits per heavy atom. The molecule has 0 aliphatic rings. The summed E-state index contributed by atoms with van der Waals surface area (Å²) in [6.07, 6.45) is 4.09. The summed E-state index contributed by atoms with van der Waals surface area (Å²) in [5, 5.41) is 12.1. The van der Waals surface area contributed by atoms with E-state index in [0.29, 0.717) is 6.42 Å². The van der Waals surface area contributed by atoms with Gasteiger partial charge in [0.15, 0.2) is 0 Å². The first-order chi connectivity index (χ1) is 8.09. The molecule has 1 heterocycles. The molecule has 5 heteroatoms. The van der Waals surface area contributed by atoms with E-state index in [4.69, 9.17) is 5.11 Å². The number of rotatable bonds is 7. The minimum absolute atomic E-state index is 0.182. The van der Waals surface area contributed by atoms with Crippen LogP contribution >= 0.6 is 11.8 Å². The van der Waals surface area contributed by atoms with Crippen molar-refractivity contribution in [3.8, 4) is 0 Å². The first-order valence-electron chi connectivity index (χ1n) is 5.61. The number of aliphatic carboxylic acids is 1. The van der Waals surface area contributed by atoms with Crippen LogP contribution in [0.2, 0.25) is 0 Å². The number of nitrogens with zero attached hydrogens (tertiary/aromatic N) is 1. The molecule has 1 unspecified atom stereocenters. The summed E-state index contributed by atoms with van der Waals surface area (Å²) >= 11 is 1.65. The van der Waals surface area contributed by atoms with E-state index >= 15 is 0 Å². The SMILES string of the molecule is CC(C)NC(CCSc1ccncc1)C(=O)O. The predicted octanol–water partition coefficient (Wildman–Crippen LogP) is 2.01. The highest BCUT2D eigenvalue weighted by molar-refractivity contribution is 7.99. The van der Waals surface area contributed by atoms with Crippen molar-refractivity contribution in [1.29, 1.82) is 0 Å². The average Bonchev–Trinajstić information content (AvgIpc) is 2.28. The lowest BCUT2D eigenvalue weighted by Gasteiger charge is -2.16. The second-order valence-corrected chi connectivity index (χ2v) is 5.20. The van der Waals surface area contributed by atoms with Crippen LogP contribution in [0.4, 0.5) is 0 Å². The van der Waals surface area contributed by atoms with Gasteiger partial charge in [0.05, 0.1) is 0 Å². The summed E-state index contributed by atoms with van der Waals surface area (Å²) < 4.78 is 0. The summed E-state index contributed by atoms with van der Waals surface area (Å²) in [6, 6.07) is 3.57. The van der Waals surface area contributed by atoms with Gasteiger partial charge < -0.3 is 10.4 Å². The van der Waals surface area contributed by atoms with Crippen LogP contribution in [0.5, 0.6) is 0 Å². The number of carboxylic acid groups (broad SMARTS) is 1. The summed E-state index contributed by atoms with van der Waals surface area (Å²) in [5.74, 6) is -0.00483. The number of carbonyl (C=O) groups is 1. The molecule has 0 bridgehead atoms. The number of carboxylic acids is 1. The fourth-order valence-electron chi connectivity index (χ4n) is 1.41. The number of pyridine rings is 1. The minimum Gasteiger partial charge on any atom is -0.480 e. The minimum atomic E-state index is -0.783. The molecule has 0 aromatic carbocycles. The molecule has 2 N–H and O–H groups in total. The third kappa shape index (κ3) is 5.70. The predicted molar refractivity (Wildman–Crippen MR) is 69.3 cm³/mol. The molecule has 1 rings (SSSR count). The molecular formula is C12H18N2O2S. The summed E-state index contributed by atoms with van der Waals surface area (Å²) in [6.45, 7) is 3.90. The lowest BCUT2D eigenvalue weighted by atomic mass is 10.2. The molecule has 0 aliphatic heterocycles. The van der Waals surface area contributed by atoms with Gasteiger partial charge in [-0.2, -0.15) is 0 Å².